The van der Waals surface area contributed by atoms with Crippen LogP contribution in [0.15, 0.2) is 27.8 Å². The van der Waals surface area contributed by atoms with E-state index in [1.54, 1.807) is 12.1 Å². The van der Waals surface area contributed by atoms with Gasteiger partial charge in [-0.15, -0.1) is 0 Å². The minimum absolute atomic E-state index is 0.139. The second-order valence-electron chi connectivity index (χ2n) is 1.84. The molecule has 0 bridgehead atoms. The highest BCUT2D eigenvalue weighted by molar-refractivity contribution is 9.10. The first-order chi connectivity index (χ1) is 5.02. The van der Waals surface area contributed by atoms with Crippen molar-refractivity contribution in [3.05, 3.63) is 22.8 Å². The van der Waals surface area contributed by atoms with Crippen molar-refractivity contribution in [3.63, 3.8) is 0 Å². The standard InChI is InChI=1S/C5H5BrN2O2S/c6-4-2-1-3-8-5(4)11(7,9)10/h1-3H,(H2,7,9,10). The average molecular weight is 237 g/mol. The molecule has 1 heterocycles. The lowest BCUT2D eigenvalue weighted by Gasteiger charge is -1.97. The Morgan fingerprint density at radius 3 is 2.55 bits per heavy atom. The lowest BCUT2D eigenvalue weighted by molar-refractivity contribution is 0.593. The molecule has 0 amide bonds. The van der Waals surface area contributed by atoms with Crippen molar-refractivity contribution in [2.45, 2.75) is 5.03 Å². The second kappa shape index (κ2) is 2.88. The van der Waals surface area contributed by atoms with Crippen LogP contribution in [0.3, 0.4) is 0 Å². The van der Waals surface area contributed by atoms with E-state index in [1.807, 2.05) is 0 Å². The van der Waals surface area contributed by atoms with Crippen LogP contribution in [0.25, 0.3) is 0 Å². The number of halogens is 1. The summed E-state index contributed by atoms with van der Waals surface area (Å²) in [4.78, 5) is 3.59. The lowest BCUT2D eigenvalue weighted by Crippen LogP contribution is -2.14. The Balaban J connectivity index is 3.37. The zero-order chi connectivity index (χ0) is 8.48. The molecule has 1 aromatic heterocycles. The van der Waals surface area contributed by atoms with E-state index in [9.17, 15) is 8.42 Å². The van der Waals surface area contributed by atoms with Crippen molar-refractivity contribution in [3.8, 4) is 0 Å². The van der Waals surface area contributed by atoms with Crippen molar-refractivity contribution >= 4 is 26.0 Å². The Labute approximate surface area is 72.6 Å². The SMILES string of the molecule is NS(=O)(=O)c1ncccc1Br. The largest absolute Gasteiger partial charge is 0.256 e. The Kier molecular flexibility index (Phi) is 2.26. The van der Waals surface area contributed by atoms with Crippen LogP contribution in [-0.2, 0) is 10.0 Å². The molecule has 4 nitrogen and oxygen atoms in total. The third-order valence-electron chi connectivity index (χ3n) is 0.994. The number of hydrogen-bond donors (Lipinski definition) is 1. The summed E-state index contributed by atoms with van der Waals surface area (Å²) in [7, 11) is -3.69. The van der Waals surface area contributed by atoms with E-state index >= 15 is 0 Å². The highest BCUT2D eigenvalue weighted by Gasteiger charge is 2.12. The number of nitrogens with zero attached hydrogens (tertiary/aromatic N) is 1. The smallest absolute Gasteiger partial charge is 0.242 e. The fraction of sp³-hybridized carbons (Fsp3) is 0. The molecular formula is C5H5BrN2O2S. The van der Waals surface area contributed by atoms with Crippen molar-refractivity contribution in [1.82, 2.24) is 4.98 Å². The van der Waals surface area contributed by atoms with E-state index in [1.165, 1.54) is 6.20 Å². The highest BCUT2D eigenvalue weighted by atomic mass is 79.9. The van der Waals surface area contributed by atoms with E-state index in [0.29, 0.717) is 4.47 Å². The first-order valence-corrected chi connectivity index (χ1v) is 4.99. The van der Waals surface area contributed by atoms with Crippen molar-refractivity contribution in [1.29, 1.82) is 0 Å². The Morgan fingerprint density at radius 2 is 2.18 bits per heavy atom. The molecule has 0 fully saturated rings. The van der Waals surface area contributed by atoms with Crippen LogP contribution < -0.4 is 5.14 Å². The first-order valence-electron chi connectivity index (χ1n) is 2.65. The molecule has 0 atom stereocenters. The van der Waals surface area contributed by atoms with Crippen molar-refractivity contribution in [2.24, 2.45) is 5.14 Å². The molecule has 1 aromatic rings. The molecule has 0 unspecified atom stereocenters. The van der Waals surface area contributed by atoms with Gasteiger partial charge in [0.2, 0.25) is 0 Å². The summed E-state index contributed by atoms with van der Waals surface area (Å²) in [5.74, 6) is 0. The first kappa shape index (κ1) is 8.63. The van der Waals surface area contributed by atoms with E-state index < -0.39 is 10.0 Å². The molecule has 0 aliphatic carbocycles. The molecule has 6 heteroatoms. The zero-order valence-electron chi connectivity index (χ0n) is 5.36. The molecule has 0 aromatic carbocycles. The van der Waals surface area contributed by atoms with Crippen LogP contribution in [0, 0.1) is 0 Å². The topological polar surface area (TPSA) is 73.1 Å². The number of pyridine rings is 1. The summed E-state index contributed by atoms with van der Waals surface area (Å²) < 4.78 is 21.9. The fourth-order valence-electron chi connectivity index (χ4n) is 0.581. The normalized spacial score (nSPS) is 11.5. The molecule has 2 N–H and O–H groups in total. The summed E-state index contributed by atoms with van der Waals surface area (Å²) in [5.41, 5.74) is 0. The maximum Gasteiger partial charge on any atom is 0.256 e. The van der Waals surface area contributed by atoms with Gasteiger partial charge in [-0.2, -0.15) is 0 Å². The van der Waals surface area contributed by atoms with Crippen LogP contribution in [0.5, 0.6) is 0 Å². The molecular weight excluding hydrogens is 232 g/mol. The number of hydrogen-bond acceptors (Lipinski definition) is 3. The van der Waals surface area contributed by atoms with Crippen LogP contribution >= 0.6 is 15.9 Å². The Hall–Kier alpha value is -0.460. The average Bonchev–Trinajstić information content (AvgIpc) is 1.86. The van der Waals surface area contributed by atoms with Crippen molar-refractivity contribution < 1.29 is 8.42 Å². The van der Waals surface area contributed by atoms with Gasteiger partial charge in [0.05, 0.1) is 4.47 Å². The van der Waals surface area contributed by atoms with Gasteiger partial charge in [-0.1, -0.05) is 0 Å². The molecule has 11 heavy (non-hydrogen) atoms. The number of rotatable bonds is 1. The zero-order valence-corrected chi connectivity index (χ0v) is 7.76. The van der Waals surface area contributed by atoms with Crippen LogP contribution in [-0.4, -0.2) is 13.4 Å². The Morgan fingerprint density at radius 1 is 1.55 bits per heavy atom. The number of sulfonamides is 1. The molecule has 0 saturated carbocycles. The van der Waals surface area contributed by atoms with E-state index in [0.717, 1.165) is 0 Å². The quantitative estimate of drug-likeness (QED) is 0.772. The molecule has 0 aliphatic rings. The molecule has 0 aliphatic heterocycles. The van der Waals surface area contributed by atoms with Gasteiger partial charge in [-0.3, -0.25) is 0 Å². The molecule has 0 saturated heterocycles. The number of aromatic nitrogens is 1. The fourth-order valence-corrected chi connectivity index (χ4v) is 2.06. The van der Waals surface area contributed by atoms with Crippen LogP contribution in [0.1, 0.15) is 0 Å². The summed E-state index contributed by atoms with van der Waals surface area (Å²) in [6, 6.07) is 3.17. The van der Waals surface area contributed by atoms with Crippen LogP contribution in [0.2, 0.25) is 0 Å². The number of nitrogens with two attached hydrogens (primary N) is 1. The monoisotopic (exact) mass is 236 g/mol. The van der Waals surface area contributed by atoms with Gasteiger partial charge < -0.3 is 0 Å². The predicted octanol–water partition coefficient (Wildman–Crippen LogP) is 0.492. The van der Waals surface area contributed by atoms with Crippen molar-refractivity contribution in [2.75, 3.05) is 0 Å². The maximum atomic E-state index is 10.7. The lowest BCUT2D eigenvalue weighted by atomic mass is 10.5. The minimum atomic E-state index is -3.69. The van der Waals surface area contributed by atoms with Gasteiger partial charge in [0, 0.05) is 6.20 Å². The maximum absolute atomic E-state index is 10.7. The van der Waals surface area contributed by atoms with E-state index in [4.69, 9.17) is 5.14 Å². The van der Waals surface area contributed by atoms with Gasteiger partial charge in [0.15, 0.2) is 5.03 Å². The van der Waals surface area contributed by atoms with Gasteiger partial charge >= 0.3 is 0 Å². The van der Waals surface area contributed by atoms with E-state index in [-0.39, 0.29) is 5.03 Å². The van der Waals surface area contributed by atoms with Gasteiger partial charge in [0.1, 0.15) is 0 Å². The summed E-state index contributed by atoms with van der Waals surface area (Å²) in [6.45, 7) is 0. The van der Waals surface area contributed by atoms with Gasteiger partial charge in [-0.25, -0.2) is 18.5 Å². The highest BCUT2D eigenvalue weighted by Crippen LogP contribution is 2.16. The van der Waals surface area contributed by atoms with E-state index in [2.05, 4.69) is 20.9 Å². The summed E-state index contributed by atoms with van der Waals surface area (Å²) in [5, 5.41) is 4.70. The third kappa shape index (κ3) is 1.98. The molecule has 60 valence electrons. The molecule has 0 radical (unpaired) electrons. The minimum Gasteiger partial charge on any atom is -0.242 e. The predicted molar refractivity (Wildman–Crippen MR) is 43.3 cm³/mol. The summed E-state index contributed by atoms with van der Waals surface area (Å²) >= 11 is 3.01. The molecule has 0 spiro atoms. The van der Waals surface area contributed by atoms with Gasteiger partial charge in [-0.05, 0) is 28.1 Å². The number of primary sulfonamides is 1. The third-order valence-corrected chi connectivity index (χ3v) is 2.76. The van der Waals surface area contributed by atoms with Gasteiger partial charge in [0.25, 0.3) is 10.0 Å². The Bertz CT molecular complexity index is 363. The summed E-state index contributed by atoms with van der Waals surface area (Å²) in [6.07, 6.45) is 1.37. The van der Waals surface area contributed by atoms with Crippen LogP contribution in [0.4, 0.5) is 0 Å². The second-order valence-corrected chi connectivity index (χ2v) is 4.17. The molecule has 1 rings (SSSR count).